The highest BCUT2D eigenvalue weighted by Gasteiger charge is 2.03. The molecule has 16 heavy (non-hydrogen) atoms. The Hall–Kier alpha value is -0.580. The first-order chi connectivity index (χ1) is 7.65. The predicted molar refractivity (Wildman–Crippen MR) is 67.8 cm³/mol. The molecule has 2 rings (SSSR count). The highest BCUT2D eigenvalue weighted by atomic mass is 79.9. The maximum Gasteiger partial charge on any atom is 0.141 e. The Morgan fingerprint density at radius 2 is 2.12 bits per heavy atom. The fourth-order valence-corrected chi connectivity index (χ4v) is 2.40. The highest BCUT2D eigenvalue weighted by Crippen LogP contribution is 2.25. The maximum atomic E-state index is 13.2. The minimum absolute atomic E-state index is 0.332. The van der Waals surface area contributed by atoms with E-state index in [0.29, 0.717) is 16.8 Å². The van der Waals surface area contributed by atoms with Crippen molar-refractivity contribution >= 4 is 38.9 Å². The van der Waals surface area contributed by atoms with Gasteiger partial charge in [0.25, 0.3) is 0 Å². The monoisotopic (exact) mass is 320 g/mol. The Labute approximate surface area is 110 Å². The van der Waals surface area contributed by atoms with Crippen molar-refractivity contribution in [1.29, 1.82) is 0 Å². The molecule has 1 heterocycles. The zero-order valence-electron chi connectivity index (χ0n) is 8.04. The van der Waals surface area contributed by atoms with E-state index in [2.05, 4.69) is 15.9 Å². The van der Waals surface area contributed by atoms with Gasteiger partial charge < -0.3 is 4.74 Å². The molecule has 0 aliphatic carbocycles. The molecule has 0 unspecified atom stereocenters. The van der Waals surface area contributed by atoms with Gasteiger partial charge in [-0.25, -0.2) is 4.39 Å². The van der Waals surface area contributed by atoms with Gasteiger partial charge in [-0.3, -0.25) is 0 Å². The Morgan fingerprint density at radius 1 is 1.31 bits per heavy atom. The third-order valence-electron chi connectivity index (χ3n) is 1.90. The first-order valence-electron chi connectivity index (χ1n) is 4.47. The van der Waals surface area contributed by atoms with Crippen molar-refractivity contribution in [2.45, 2.75) is 6.61 Å². The SMILES string of the molecule is Fc1cc(OCc2ccc(Cl)s2)ccc1Br. The fraction of sp³-hybridized carbons (Fsp3) is 0.0909. The summed E-state index contributed by atoms with van der Waals surface area (Å²) in [6.45, 7) is 0.401. The molecule has 0 saturated heterocycles. The van der Waals surface area contributed by atoms with Crippen molar-refractivity contribution < 1.29 is 9.13 Å². The Bertz CT molecular complexity index is 500. The highest BCUT2D eigenvalue weighted by molar-refractivity contribution is 9.10. The molecule has 1 aromatic heterocycles. The van der Waals surface area contributed by atoms with E-state index in [1.54, 1.807) is 12.1 Å². The van der Waals surface area contributed by atoms with Gasteiger partial charge in [0.15, 0.2) is 0 Å². The second-order valence-electron chi connectivity index (χ2n) is 3.07. The lowest BCUT2D eigenvalue weighted by molar-refractivity contribution is 0.308. The molecule has 0 bridgehead atoms. The van der Waals surface area contributed by atoms with Crippen LogP contribution in [0.25, 0.3) is 0 Å². The van der Waals surface area contributed by atoms with Gasteiger partial charge in [-0.2, -0.15) is 0 Å². The van der Waals surface area contributed by atoms with Crippen LogP contribution in [0.3, 0.4) is 0 Å². The van der Waals surface area contributed by atoms with Crippen molar-refractivity contribution in [2.24, 2.45) is 0 Å². The van der Waals surface area contributed by atoms with E-state index in [0.717, 1.165) is 9.21 Å². The van der Waals surface area contributed by atoms with Gasteiger partial charge in [0.05, 0.1) is 8.81 Å². The number of ether oxygens (including phenoxy) is 1. The number of hydrogen-bond donors (Lipinski definition) is 0. The van der Waals surface area contributed by atoms with E-state index in [-0.39, 0.29) is 5.82 Å². The first-order valence-corrected chi connectivity index (χ1v) is 6.46. The molecule has 2 aromatic rings. The van der Waals surface area contributed by atoms with Crippen molar-refractivity contribution in [1.82, 2.24) is 0 Å². The summed E-state index contributed by atoms with van der Waals surface area (Å²) in [5.41, 5.74) is 0. The summed E-state index contributed by atoms with van der Waals surface area (Å²) in [6.07, 6.45) is 0. The normalized spacial score (nSPS) is 10.4. The van der Waals surface area contributed by atoms with E-state index in [9.17, 15) is 4.39 Å². The Balaban J connectivity index is 2.02. The van der Waals surface area contributed by atoms with Crippen LogP contribution in [0.5, 0.6) is 5.75 Å². The number of hydrogen-bond acceptors (Lipinski definition) is 2. The molecule has 84 valence electrons. The summed E-state index contributed by atoms with van der Waals surface area (Å²) in [7, 11) is 0. The van der Waals surface area contributed by atoms with E-state index < -0.39 is 0 Å². The molecule has 5 heteroatoms. The van der Waals surface area contributed by atoms with E-state index in [1.807, 2.05) is 12.1 Å². The molecule has 0 aliphatic heterocycles. The average Bonchev–Trinajstić information content (AvgIpc) is 2.66. The average molecular weight is 322 g/mol. The van der Waals surface area contributed by atoms with Gasteiger partial charge in [-0.05, 0) is 40.2 Å². The van der Waals surface area contributed by atoms with E-state index >= 15 is 0 Å². The van der Waals surface area contributed by atoms with E-state index in [4.69, 9.17) is 16.3 Å². The van der Waals surface area contributed by atoms with Gasteiger partial charge in [0.1, 0.15) is 18.2 Å². The number of thiophene rings is 1. The predicted octanol–water partition coefficient (Wildman–Crippen LogP) is 4.88. The van der Waals surface area contributed by atoms with Crippen LogP contribution in [-0.4, -0.2) is 0 Å². The second-order valence-corrected chi connectivity index (χ2v) is 5.72. The Morgan fingerprint density at radius 3 is 2.75 bits per heavy atom. The molecule has 0 amide bonds. The molecule has 1 aromatic carbocycles. The zero-order chi connectivity index (χ0) is 11.5. The van der Waals surface area contributed by atoms with Gasteiger partial charge in [0, 0.05) is 10.9 Å². The number of rotatable bonds is 3. The smallest absolute Gasteiger partial charge is 0.141 e. The summed E-state index contributed by atoms with van der Waals surface area (Å²) in [6, 6.07) is 8.38. The molecule has 1 nitrogen and oxygen atoms in total. The zero-order valence-corrected chi connectivity index (χ0v) is 11.2. The van der Waals surface area contributed by atoms with Crippen LogP contribution in [0, 0.1) is 5.82 Å². The van der Waals surface area contributed by atoms with Crippen LogP contribution < -0.4 is 4.74 Å². The van der Waals surface area contributed by atoms with E-state index in [1.165, 1.54) is 17.4 Å². The van der Waals surface area contributed by atoms with Crippen LogP contribution in [-0.2, 0) is 6.61 Å². The molecular weight excluding hydrogens is 315 g/mol. The maximum absolute atomic E-state index is 13.2. The Kier molecular flexibility index (Phi) is 3.84. The minimum atomic E-state index is -0.332. The molecule has 0 spiro atoms. The van der Waals surface area contributed by atoms with Gasteiger partial charge >= 0.3 is 0 Å². The second kappa shape index (κ2) is 5.17. The molecule has 0 atom stereocenters. The largest absolute Gasteiger partial charge is 0.488 e. The molecule has 0 fully saturated rings. The molecular formula is C11H7BrClFOS. The third kappa shape index (κ3) is 2.97. The minimum Gasteiger partial charge on any atom is -0.488 e. The molecule has 0 aliphatic rings. The lowest BCUT2D eigenvalue weighted by Crippen LogP contribution is -1.93. The topological polar surface area (TPSA) is 9.23 Å². The summed E-state index contributed by atoms with van der Waals surface area (Å²) < 4.78 is 19.7. The van der Waals surface area contributed by atoms with Gasteiger partial charge in [0.2, 0.25) is 0 Å². The third-order valence-corrected chi connectivity index (χ3v) is 3.75. The molecule has 0 saturated carbocycles. The summed E-state index contributed by atoms with van der Waals surface area (Å²) in [5, 5.41) is 0. The van der Waals surface area contributed by atoms with Gasteiger partial charge in [-0.1, -0.05) is 11.6 Å². The fourth-order valence-electron chi connectivity index (χ4n) is 1.15. The standard InChI is InChI=1S/C11H7BrClFOS/c12-9-3-1-7(5-10(9)14)15-6-8-2-4-11(13)16-8/h1-5H,6H2. The summed E-state index contributed by atoms with van der Waals surface area (Å²) >= 11 is 10.3. The van der Waals surface area contributed by atoms with Gasteiger partial charge in [-0.15, -0.1) is 11.3 Å². The lowest BCUT2D eigenvalue weighted by Gasteiger charge is -2.04. The molecule has 0 radical (unpaired) electrons. The molecule has 0 N–H and O–H groups in total. The quantitative estimate of drug-likeness (QED) is 0.782. The van der Waals surface area contributed by atoms with Crippen molar-refractivity contribution in [3.8, 4) is 5.75 Å². The summed E-state index contributed by atoms with van der Waals surface area (Å²) in [4.78, 5) is 1.01. The van der Waals surface area contributed by atoms with Crippen LogP contribution >= 0.6 is 38.9 Å². The summed E-state index contributed by atoms with van der Waals surface area (Å²) in [5.74, 6) is 0.173. The van der Waals surface area contributed by atoms with Crippen molar-refractivity contribution in [2.75, 3.05) is 0 Å². The first kappa shape index (κ1) is 11.9. The van der Waals surface area contributed by atoms with Crippen molar-refractivity contribution in [3.63, 3.8) is 0 Å². The van der Waals surface area contributed by atoms with Crippen LogP contribution in [0.4, 0.5) is 4.39 Å². The van der Waals surface area contributed by atoms with Crippen molar-refractivity contribution in [3.05, 3.63) is 49.8 Å². The van der Waals surface area contributed by atoms with Crippen LogP contribution in [0.15, 0.2) is 34.8 Å². The number of benzene rings is 1. The number of halogens is 3. The van der Waals surface area contributed by atoms with Crippen LogP contribution in [0.1, 0.15) is 4.88 Å². The lowest BCUT2D eigenvalue weighted by atomic mass is 10.3. The van der Waals surface area contributed by atoms with Crippen LogP contribution in [0.2, 0.25) is 4.34 Å².